The third kappa shape index (κ3) is 4.61. The smallest absolute Gasteiger partial charge is 0.123 e. The van der Waals surface area contributed by atoms with Crippen molar-refractivity contribution in [3.05, 3.63) is 71.5 Å². The largest absolute Gasteiger partial charge is 0.392 e. The number of halogens is 1. The summed E-state index contributed by atoms with van der Waals surface area (Å²) in [5, 5.41) is 13.4. The van der Waals surface area contributed by atoms with Crippen LogP contribution in [0.15, 0.2) is 54.6 Å². The highest BCUT2D eigenvalue weighted by molar-refractivity contribution is 5.16. The third-order valence-corrected chi connectivity index (χ3v) is 4.33. The van der Waals surface area contributed by atoms with Crippen LogP contribution in [0.25, 0.3) is 0 Å². The van der Waals surface area contributed by atoms with Gasteiger partial charge in [-0.3, -0.25) is 4.90 Å². The molecule has 3 rings (SSSR count). The molecule has 0 aliphatic carbocycles. The Hall–Kier alpha value is -1.75. The highest BCUT2D eigenvalue weighted by Crippen LogP contribution is 2.20. The summed E-state index contributed by atoms with van der Waals surface area (Å²) in [6.45, 7) is 3.00. The first kappa shape index (κ1) is 16.1. The Morgan fingerprint density at radius 2 is 1.87 bits per heavy atom. The standard InChI is InChI=1S/C19H23FN2O/c20-17-8-4-7-16(9-17)11-21-12-18-10-19(23)14-22(18)13-15-5-2-1-3-6-15/h1-9,18-19,21,23H,10-14H2. The second-order valence-corrected chi connectivity index (χ2v) is 6.22. The molecule has 0 saturated carbocycles. The molecule has 0 radical (unpaired) electrons. The van der Waals surface area contributed by atoms with Crippen molar-refractivity contribution in [2.75, 3.05) is 13.1 Å². The van der Waals surface area contributed by atoms with E-state index >= 15 is 0 Å². The summed E-state index contributed by atoms with van der Waals surface area (Å²) in [5.41, 5.74) is 2.20. The van der Waals surface area contributed by atoms with Gasteiger partial charge in [0.2, 0.25) is 0 Å². The quantitative estimate of drug-likeness (QED) is 0.860. The summed E-state index contributed by atoms with van der Waals surface area (Å²) >= 11 is 0. The van der Waals surface area contributed by atoms with Gasteiger partial charge in [-0.1, -0.05) is 42.5 Å². The van der Waals surface area contributed by atoms with Crippen LogP contribution >= 0.6 is 0 Å². The van der Waals surface area contributed by atoms with Gasteiger partial charge < -0.3 is 10.4 Å². The van der Waals surface area contributed by atoms with E-state index in [1.165, 1.54) is 11.6 Å². The predicted octanol–water partition coefficient (Wildman–Crippen LogP) is 2.55. The number of hydrogen-bond donors (Lipinski definition) is 2. The fourth-order valence-corrected chi connectivity index (χ4v) is 3.21. The molecular formula is C19H23FN2O. The number of benzene rings is 2. The topological polar surface area (TPSA) is 35.5 Å². The second-order valence-electron chi connectivity index (χ2n) is 6.22. The highest BCUT2D eigenvalue weighted by atomic mass is 19.1. The van der Waals surface area contributed by atoms with Gasteiger partial charge in [-0.25, -0.2) is 4.39 Å². The fourth-order valence-electron chi connectivity index (χ4n) is 3.21. The lowest BCUT2D eigenvalue weighted by Gasteiger charge is -2.24. The molecule has 0 amide bonds. The molecule has 1 fully saturated rings. The van der Waals surface area contributed by atoms with Crippen LogP contribution in [0.1, 0.15) is 17.5 Å². The number of aliphatic hydroxyl groups excluding tert-OH is 1. The number of nitrogens with one attached hydrogen (secondary N) is 1. The number of rotatable bonds is 6. The summed E-state index contributed by atoms with van der Waals surface area (Å²) in [5.74, 6) is -0.203. The summed E-state index contributed by atoms with van der Waals surface area (Å²) in [6, 6.07) is 17.3. The van der Waals surface area contributed by atoms with Crippen molar-refractivity contribution in [1.82, 2.24) is 10.2 Å². The normalized spacial score (nSPS) is 21.7. The van der Waals surface area contributed by atoms with E-state index in [0.29, 0.717) is 19.1 Å². The van der Waals surface area contributed by atoms with Crippen LogP contribution in [0, 0.1) is 5.82 Å². The summed E-state index contributed by atoms with van der Waals surface area (Å²) in [7, 11) is 0. The second kappa shape index (κ2) is 7.68. The van der Waals surface area contributed by atoms with Crippen LogP contribution in [0.5, 0.6) is 0 Å². The number of hydrogen-bond acceptors (Lipinski definition) is 3. The van der Waals surface area contributed by atoms with Gasteiger partial charge in [-0.2, -0.15) is 0 Å². The number of likely N-dealkylation sites (tertiary alicyclic amines) is 1. The first-order chi connectivity index (χ1) is 11.2. The van der Waals surface area contributed by atoms with Crippen LogP contribution in [-0.2, 0) is 13.1 Å². The summed E-state index contributed by atoms with van der Waals surface area (Å²) < 4.78 is 13.2. The minimum atomic E-state index is -0.264. The predicted molar refractivity (Wildman–Crippen MR) is 89.4 cm³/mol. The zero-order valence-corrected chi connectivity index (χ0v) is 13.2. The van der Waals surface area contributed by atoms with Gasteiger partial charge >= 0.3 is 0 Å². The lowest BCUT2D eigenvalue weighted by molar-refractivity contribution is 0.172. The van der Waals surface area contributed by atoms with Crippen LogP contribution < -0.4 is 5.32 Å². The molecule has 122 valence electrons. The molecule has 1 saturated heterocycles. The van der Waals surface area contributed by atoms with Crippen molar-refractivity contribution in [3.8, 4) is 0 Å². The molecule has 2 aromatic carbocycles. The first-order valence-electron chi connectivity index (χ1n) is 8.12. The molecule has 3 nitrogen and oxygen atoms in total. The fraction of sp³-hybridized carbons (Fsp3) is 0.368. The molecule has 4 heteroatoms. The summed E-state index contributed by atoms with van der Waals surface area (Å²) in [6.07, 6.45) is 0.517. The Kier molecular flexibility index (Phi) is 5.39. The molecule has 0 spiro atoms. The highest BCUT2D eigenvalue weighted by Gasteiger charge is 2.30. The number of aliphatic hydroxyl groups is 1. The van der Waals surface area contributed by atoms with Gasteiger partial charge in [0.1, 0.15) is 5.82 Å². The van der Waals surface area contributed by atoms with E-state index < -0.39 is 0 Å². The SMILES string of the molecule is OC1CC(CNCc2cccc(F)c2)N(Cc2ccccc2)C1. The molecule has 1 aliphatic rings. The van der Waals surface area contributed by atoms with Crippen LogP contribution in [-0.4, -0.2) is 35.2 Å². The Bertz CT molecular complexity index is 620. The van der Waals surface area contributed by atoms with E-state index in [9.17, 15) is 9.50 Å². The van der Waals surface area contributed by atoms with Gasteiger partial charge in [0.25, 0.3) is 0 Å². The monoisotopic (exact) mass is 314 g/mol. The average molecular weight is 314 g/mol. The van der Waals surface area contributed by atoms with Crippen LogP contribution in [0.2, 0.25) is 0 Å². The summed E-state index contributed by atoms with van der Waals surface area (Å²) in [4.78, 5) is 2.32. The van der Waals surface area contributed by atoms with Gasteiger partial charge in [-0.15, -0.1) is 0 Å². The zero-order chi connectivity index (χ0) is 16.1. The van der Waals surface area contributed by atoms with Crippen LogP contribution in [0.4, 0.5) is 4.39 Å². The van der Waals surface area contributed by atoms with Crippen molar-refractivity contribution in [2.45, 2.75) is 31.7 Å². The van der Waals surface area contributed by atoms with Crippen molar-refractivity contribution in [2.24, 2.45) is 0 Å². The zero-order valence-electron chi connectivity index (χ0n) is 13.2. The molecule has 2 N–H and O–H groups in total. The van der Waals surface area contributed by atoms with Crippen molar-refractivity contribution >= 4 is 0 Å². The van der Waals surface area contributed by atoms with Crippen LogP contribution in [0.3, 0.4) is 0 Å². The van der Waals surface area contributed by atoms with Crippen molar-refractivity contribution in [1.29, 1.82) is 0 Å². The third-order valence-electron chi connectivity index (χ3n) is 4.33. The molecule has 1 heterocycles. The molecule has 23 heavy (non-hydrogen) atoms. The Morgan fingerprint density at radius 1 is 1.09 bits per heavy atom. The van der Waals surface area contributed by atoms with E-state index in [0.717, 1.165) is 25.1 Å². The molecule has 2 atom stereocenters. The van der Waals surface area contributed by atoms with E-state index in [-0.39, 0.29) is 11.9 Å². The molecule has 0 aromatic heterocycles. The maximum absolute atomic E-state index is 13.2. The Balaban J connectivity index is 1.53. The molecule has 2 unspecified atom stereocenters. The maximum Gasteiger partial charge on any atom is 0.123 e. The average Bonchev–Trinajstić information content (AvgIpc) is 2.88. The maximum atomic E-state index is 13.2. The van der Waals surface area contributed by atoms with Crippen molar-refractivity contribution in [3.63, 3.8) is 0 Å². The minimum Gasteiger partial charge on any atom is -0.392 e. The Morgan fingerprint density at radius 3 is 2.65 bits per heavy atom. The van der Waals surface area contributed by atoms with Gasteiger partial charge in [0.15, 0.2) is 0 Å². The van der Waals surface area contributed by atoms with E-state index in [4.69, 9.17) is 0 Å². The van der Waals surface area contributed by atoms with Gasteiger partial charge in [0, 0.05) is 32.2 Å². The lowest BCUT2D eigenvalue weighted by atomic mass is 10.1. The van der Waals surface area contributed by atoms with E-state index in [1.54, 1.807) is 12.1 Å². The minimum absolute atomic E-state index is 0.203. The molecule has 0 bridgehead atoms. The lowest BCUT2D eigenvalue weighted by Crippen LogP contribution is -2.37. The molecular weight excluding hydrogens is 291 g/mol. The van der Waals surface area contributed by atoms with Crippen molar-refractivity contribution < 1.29 is 9.50 Å². The Labute approximate surface area is 136 Å². The van der Waals surface area contributed by atoms with E-state index in [1.807, 2.05) is 24.3 Å². The van der Waals surface area contributed by atoms with Gasteiger partial charge in [0.05, 0.1) is 6.10 Å². The molecule has 2 aromatic rings. The first-order valence-corrected chi connectivity index (χ1v) is 8.12. The van der Waals surface area contributed by atoms with Gasteiger partial charge in [-0.05, 0) is 29.7 Å². The number of β-amino-alcohol motifs (C(OH)–C–C–N with tert-alkyl or cyclic N) is 1. The number of nitrogens with zero attached hydrogens (tertiary/aromatic N) is 1. The molecule has 1 aliphatic heterocycles. The van der Waals surface area contributed by atoms with E-state index in [2.05, 4.69) is 22.3 Å².